The number of hydrogen-bond acceptors (Lipinski definition) is 12. The molecule has 1 unspecified atom stereocenters. The lowest BCUT2D eigenvalue weighted by Crippen LogP contribution is -2.54. The van der Waals surface area contributed by atoms with Gasteiger partial charge in [-0.2, -0.15) is 0 Å². The molecule has 0 bridgehead atoms. The zero-order valence-corrected chi connectivity index (χ0v) is 36.5. The first-order valence-corrected chi connectivity index (χ1v) is 22.7. The van der Waals surface area contributed by atoms with E-state index >= 15 is 0 Å². The van der Waals surface area contributed by atoms with E-state index in [-0.39, 0.29) is 36.7 Å². The summed E-state index contributed by atoms with van der Waals surface area (Å²) in [4.78, 5) is 85.5. The molecular formula is C46H47Cl2N11O5. The van der Waals surface area contributed by atoms with E-state index in [1.807, 2.05) is 10.6 Å². The zero-order chi connectivity index (χ0) is 44.1. The summed E-state index contributed by atoms with van der Waals surface area (Å²) in [7, 11) is 0. The number of piperazine rings is 1. The maximum Gasteiger partial charge on any atom is 0.262 e. The predicted molar refractivity (Wildman–Crippen MR) is 242 cm³/mol. The van der Waals surface area contributed by atoms with Crippen LogP contribution in [-0.2, 0) is 9.59 Å². The van der Waals surface area contributed by atoms with Crippen LogP contribution in [0.2, 0.25) is 10.0 Å². The molecule has 0 radical (unpaired) electrons. The number of nitrogens with zero attached hydrogens (tertiary/aromatic N) is 8. The number of amides is 5. The Hall–Kier alpha value is -6.10. The zero-order valence-electron chi connectivity index (χ0n) is 35.0. The van der Waals surface area contributed by atoms with Crippen LogP contribution < -0.4 is 25.8 Å². The predicted octanol–water partition coefficient (Wildman–Crippen LogP) is 5.84. The summed E-state index contributed by atoms with van der Waals surface area (Å²) in [5.74, 6) is -0.975. The molecule has 5 aliphatic rings. The van der Waals surface area contributed by atoms with Crippen LogP contribution in [0.25, 0.3) is 11.2 Å². The van der Waals surface area contributed by atoms with E-state index in [0.717, 1.165) is 99.8 Å². The number of benzene rings is 3. The highest BCUT2D eigenvalue weighted by molar-refractivity contribution is 6.39. The Labute approximate surface area is 379 Å². The van der Waals surface area contributed by atoms with Gasteiger partial charge in [0.05, 0.1) is 33.1 Å². The number of anilines is 4. The maximum absolute atomic E-state index is 13.3. The summed E-state index contributed by atoms with van der Waals surface area (Å²) in [5, 5.41) is 9.39. The Morgan fingerprint density at radius 3 is 2.22 bits per heavy atom. The number of rotatable bonds is 11. The van der Waals surface area contributed by atoms with Crippen molar-refractivity contribution < 1.29 is 24.0 Å². The van der Waals surface area contributed by atoms with Crippen LogP contribution in [0.15, 0.2) is 73.3 Å². The second kappa shape index (κ2) is 17.5. The van der Waals surface area contributed by atoms with Gasteiger partial charge < -0.3 is 25.0 Å². The molecule has 4 aliphatic heterocycles. The van der Waals surface area contributed by atoms with Crippen molar-refractivity contribution in [2.75, 3.05) is 60.9 Å². The van der Waals surface area contributed by atoms with E-state index in [0.29, 0.717) is 44.0 Å². The van der Waals surface area contributed by atoms with Crippen molar-refractivity contribution in [3.05, 3.63) is 100 Å². The Balaban J connectivity index is 0.665. The number of hydrogen-bond donors (Lipinski definition) is 3. The van der Waals surface area contributed by atoms with Crippen molar-refractivity contribution in [2.45, 2.75) is 63.1 Å². The average molecular weight is 905 g/mol. The lowest BCUT2D eigenvalue weighted by molar-refractivity contribution is -0.136. The van der Waals surface area contributed by atoms with Gasteiger partial charge in [-0.15, -0.1) is 0 Å². The largest absolute Gasteiger partial charge is 0.371 e. The standard InChI is InChI=1S/C46H47Cl2N11O5/c47-35-2-1-3-36(48)39(35)44(62)53-29-22-32(23-29)58-26-51-40-41(49-25-50-42(40)58)52-28-4-6-30(7-5-28)57-20-18-55(19-21-57)15-12-27-13-16-56(17-14-27)31-8-9-33-34(24-31)46(64)59(45(33)63)37-10-11-38(60)54-43(37)61/h1-9,24-27,29,32,37H,10-23H2,(H,53,62)(H,49,50,52)(H,54,60,61). The number of fused-ring (bicyclic) bond motifs is 2. The van der Waals surface area contributed by atoms with Crippen LogP contribution in [0.1, 0.15) is 82.1 Å². The molecule has 64 heavy (non-hydrogen) atoms. The quantitative estimate of drug-likeness (QED) is 0.135. The minimum absolute atomic E-state index is 0.0143. The summed E-state index contributed by atoms with van der Waals surface area (Å²) in [6, 6.07) is 18.0. The topological polar surface area (TPSA) is 178 Å². The summed E-state index contributed by atoms with van der Waals surface area (Å²) >= 11 is 12.5. The van der Waals surface area contributed by atoms with Gasteiger partial charge in [0.1, 0.15) is 12.4 Å². The van der Waals surface area contributed by atoms with E-state index in [2.05, 4.69) is 69.9 Å². The Morgan fingerprint density at radius 1 is 0.781 bits per heavy atom. The van der Waals surface area contributed by atoms with Crippen molar-refractivity contribution >= 4 is 86.8 Å². The van der Waals surface area contributed by atoms with Crippen LogP contribution in [0.4, 0.5) is 22.9 Å². The van der Waals surface area contributed by atoms with Gasteiger partial charge >= 0.3 is 0 Å². The van der Waals surface area contributed by atoms with Crippen LogP contribution in [0.3, 0.4) is 0 Å². The van der Waals surface area contributed by atoms with E-state index in [4.69, 9.17) is 23.2 Å². The maximum atomic E-state index is 13.3. The van der Waals surface area contributed by atoms with Gasteiger partial charge in [-0.05, 0) is 106 Å². The molecule has 3 saturated heterocycles. The highest BCUT2D eigenvalue weighted by Gasteiger charge is 2.45. The van der Waals surface area contributed by atoms with Crippen LogP contribution in [-0.4, -0.2) is 117 Å². The molecule has 5 amide bonds. The summed E-state index contributed by atoms with van der Waals surface area (Å²) in [5.41, 5.74) is 5.33. The lowest BCUT2D eigenvalue weighted by Gasteiger charge is -2.38. The minimum atomic E-state index is -0.966. The molecule has 16 nitrogen and oxygen atoms in total. The third-order valence-electron chi connectivity index (χ3n) is 13.5. The van der Waals surface area contributed by atoms with Crippen LogP contribution in [0, 0.1) is 5.92 Å². The fourth-order valence-corrected chi connectivity index (χ4v) is 10.3. The van der Waals surface area contributed by atoms with Crippen molar-refractivity contribution in [3.63, 3.8) is 0 Å². The van der Waals surface area contributed by atoms with Gasteiger partial charge in [-0.3, -0.25) is 39.1 Å². The molecule has 5 aromatic rings. The first-order chi connectivity index (χ1) is 31.1. The number of nitrogens with one attached hydrogen (secondary N) is 3. The molecule has 330 valence electrons. The van der Waals surface area contributed by atoms with E-state index < -0.39 is 23.8 Å². The molecule has 4 fully saturated rings. The molecular weight excluding hydrogens is 857 g/mol. The normalized spacial score (nSPS) is 21.8. The van der Waals surface area contributed by atoms with Gasteiger partial charge in [0.2, 0.25) is 11.8 Å². The number of carbonyl (C=O) groups is 5. The number of piperidine rings is 2. The molecule has 2 aromatic heterocycles. The first kappa shape index (κ1) is 41.9. The SMILES string of the molecule is O=C1CCC(N2C(=O)c3ccc(N4CCC(CCN5CCN(c6ccc(Nc7ncnc8c7ncn8C7CC(NC(=O)c8c(Cl)cccc8Cl)C7)cc6)CC5)CC4)cc3C2=O)C(=O)N1. The number of aromatic nitrogens is 4. The van der Waals surface area contributed by atoms with Gasteiger partial charge in [0.25, 0.3) is 17.7 Å². The first-order valence-electron chi connectivity index (χ1n) is 22.0. The van der Waals surface area contributed by atoms with E-state index in [1.54, 1.807) is 43.0 Å². The van der Waals surface area contributed by atoms with Crippen molar-refractivity contribution in [2.24, 2.45) is 5.92 Å². The summed E-state index contributed by atoms with van der Waals surface area (Å²) in [6.07, 6.45) is 8.28. The summed E-state index contributed by atoms with van der Waals surface area (Å²) in [6.45, 7) is 6.72. The van der Waals surface area contributed by atoms with E-state index in [1.165, 1.54) is 5.69 Å². The number of imidazole rings is 1. The fraction of sp³-hybridized carbons (Fsp3) is 0.391. The fourth-order valence-electron chi connectivity index (χ4n) is 9.74. The molecule has 1 saturated carbocycles. The monoisotopic (exact) mass is 903 g/mol. The van der Waals surface area contributed by atoms with Crippen molar-refractivity contribution in [3.8, 4) is 0 Å². The molecule has 6 heterocycles. The number of carbonyl (C=O) groups excluding carboxylic acids is 5. The third-order valence-corrected chi connectivity index (χ3v) is 14.1. The summed E-state index contributed by atoms with van der Waals surface area (Å²) < 4.78 is 2.05. The molecule has 1 atom stereocenters. The second-order valence-electron chi connectivity index (χ2n) is 17.3. The van der Waals surface area contributed by atoms with Crippen molar-refractivity contribution in [1.29, 1.82) is 0 Å². The third kappa shape index (κ3) is 8.14. The highest BCUT2D eigenvalue weighted by Crippen LogP contribution is 2.37. The number of imide groups is 2. The van der Waals surface area contributed by atoms with Gasteiger partial charge in [-0.25, -0.2) is 15.0 Å². The second-order valence-corrected chi connectivity index (χ2v) is 18.1. The van der Waals surface area contributed by atoms with Gasteiger partial charge in [0.15, 0.2) is 17.0 Å². The van der Waals surface area contributed by atoms with Crippen LogP contribution >= 0.6 is 23.2 Å². The molecule has 10 rings (SSSR count). The molecule has 0 spiro atoms. The lowest BCUT2D eigenvalue weighted by atomic mass is 9.86. The molecule has 3 aromatic carbocycles. The van der Waals surface area contributed by atoms with Gasteiger partial charge in [0, 0.05) is 74.8 Å². The smallest absolute Gasteiger partial charge is 0.262 e. The number of halogens is 2. The minimum Gasteiger partial charge on any atom is -0.371 e. The van der Waals surface area contributed by atoms with Crippen molar-refractivity contribution in [1.82, 2.24) is 40.0 Å². The van der Waals surface area contributed by atoms with Crippen LogP contribution in [0.5, 0.6) is 0 Å². The molecule has 3 N–H and O–H groups in total. The molecule has 18 heteroatoms. The highest BCUT2D eigenvalue weighted by atomic mass is 35.5. The Kier molecular flexibility index (Phi) is 11.4. The molecule has 1 aliphatic carbocycles. The van der Waals surface area contributed by atoms with E-state index in [9.17, 15) is 24.0 Å². The van der Waals surface area contributed by atoms with Gasteiger partial charge in [-0.1, -0.05) is 29.3 Å². The Morgan fingerprint density at radius 2 is 1.48 bits per heavy atom. The Bertz CT molecular complexity index is 2630. The average Bonchev–Trinajstić information content (AvgIpc) is 3.82.